The van der Waals surface area contributed by atoms with Crippen molar-refractivity contribution in [2.75, 3.05) is 47.8 Å². The summed E-state index contributed by atoms with van der Waals surface area (Å²) >= 11 is 5.66. The number of anilines is 3. The third-order valence-electron chi connectivity index (χ3n) is 7.51. The highest BCUT2D eigenvalue weighted by atomic mass is 32.1. The van der Waals surface area contributed by atoms with E-state index in [9.17, 15) is 0 Å². The molecule has 2 N–H and O–H groups in total. The fraction of sp³-hybridized carbons (Fsp3) is 0.379. The van der Waals surface area contributed by atoms with Crippen LogP contribution in [-0.2, 0) is 5.41 Å². The maximum atomic E-state index is 5.66. The molecule has 6 heteroatoms. The summed E-state index contributed by atoms with van der Waals surface area (Å²) in [7, 11) is 0. The number of rotatable bonds is 6. The Balaban J connectivity index is 1.14. The van der Waals surface area contributed by atoms with Gasteiger partial charge in [-0.25, -0.2) is 4.98 Å². The number of aromatic nitrogens is 1. The Bertz CT molecular complexity index is 1070. The minimum Gasteiger partial charge on any atom is -0.368 e. The standard InChI is InChI=1S/C29H35N5S/c35-28(31-23-29(16-8-3-9-17-29)24-10-4-1-5-11-24)32-25-14-15-27(30-22-25)34-20-18-33(19-21-34)26-12-6-2-7-13-26/h1-2,4-7,10-15,22H,3,8-9,16-21,23H2,(H2,31,32,35). The number of nitrogens with one attached hydrogen (secondary N) is 2. The van der Waals surface area contributed by atoms with Gasteiger partial charge in [-0.3, -0.25) is 0 Å². The molecule has 1 saturated heterocycles. The normalized spacial score (nSPS) is 17.6. The minimum absolute atomic E-state index is 0.162. The fourth-order valence-electron chi connectivity index (χ4n) is 5.49. The Kier molecular flexibility index (Phi) is 7.48. The molecule has 2 fully saturated rings. The van der Waals surface area contributed by atoms with Crippen LogP contribution in [0.1, 0.15) is 37.7 Å². The van der Waals surface area contributed by atoms with Gasteiger partial charge in [0.25, 0.3) is 0 Å². The number of thiocarbonyl (C=S) groups is 1. The van der Waals surface area contributed by atoms with Crippen molar-refractivity contribution in [3.8, 4) is 0 Å². The Morgan fingerprint density at radius 1 is 0.800 bits per heavy atom. The van der Waals surface area contributed by atoms with Crippen molar-refractivity contribution >= 4 is 34.5 Å². The molecule has 0 atom stereocenters. The van der Waals surface area contributed by atoms with Crippen LogP contribution in [0.2, 0.25) is 0 Å². The SMILES string of the molecule is S=C(NCC1(c2ccccc2)CCCCC1)Nc1ccc(N2CCN(c3ccccc3)CC2)nc1. The number of piperazine rings is 1. The van der Waals surface area contributed by atoms with E-state index in [1.807, 2.05) is 6.20 Å². The molecule has 0 amide bonds. The molecule has 5 rings (SSSR count). The first-order valence-corrected chi connectivity index (χ1v) is 13.2. The smallest absolute Gasteiger partial charge is 0.170 e. The molecule has 1 aliphatic heterocycles. The summed E-state index contributed by atoms with van der Waals surface area (Å²) in [5, 5.41) is 7.52. The van der Waals surface area contributed by atoms with E-state index >= 15 is 0 Å². The predicted octanol–water partition coefficient (Wildman–Crippen LogP) is 5.60. The molecule has 2 aliphatic rings. The van der Waals surface area contributed by atoms with Gasteiger partial charge in [-0.2, -0.15) is 0 Å². The lowest BCUT2D eigenvalue weighted by molar-refractivity contribution is 0.292. The first kappa shape index (κ1) is 23.6. The van der Waals surface area contributed by atoms with E-state index in [1.54, 1.807) is 0 Å². The van der Waals surface area contributed by atoms with E-state index < -0.39 is 0 Å². The lowest BCUT2D eigenvalue weighted by Gasteiger charge is -2.38. The van der Waals surface area contributed by atoms with Crippen LogP contribution >= 0.6 is 12.2 Å². The second-order valence-corrected chi connectivity index (χ2v) is 10.1. The highest BCUT2D eigenvalue weighted by molar-refractivity contribution is 7.80. The van der Waals surface area contributed by atoms with Gasteiger partial charge in [0.1, 0.15) is 5.82 Å². The minimum atomic E-state index is 0.162. The maximum absolute atomic E-state index is 5.66. The Hall–Kier alpha value is -3.12. The van der Waals surface area contributed by atoms with Crippen LogP contribution in [0.3, 0.4) is 0 Å². The molecule has 2 aromatic carbocycles. The Labute approximate surface area is 214 Å². The highest BCUT2D eigenvalue weighted by Crippen LogP contribution is 2.39. The zero-order valence-corrected chi connectivity index (χ0v) is 21.1. The van der Waals surface area contributed by atoms with Crippen molar-refractivity contribution in [1.82, 2.24) is 10.3 Å². The predicted molar refractivity (Wildman–Crippen MR) is 151 cm³/mol. The first-order chi connectivity index (χ1) is 17.2. The van der Waals surface area contributed by atoms with Gasteiger partial charge in [0.05, 0.1) is 11.9 Å². The lowest BCUT2D eigenvalue weighted by atomic mass is 9.69. The molecule has 1 aromatic heterocycles. The first-order valence-electron chi connectivity index (χ1n) is 12.8. The molecule has 3 aromatic rings. The summed E-state index contributed by atoms with van der Waals surface area (Å²) < 4.78 is 0. The van der Waals surface area contributed by atoms with E-state index in [-0.39, 0.29) is 5.41 Å². The average molecular weight is 486 g/mol. The summed E-state index contributed by atoms with van der Waals surface area (Å²) in [6.45, 7) is 4.80. The number of nitrogens with zero attached hydrogens (tertiary/aromatic N) is 3. The fourth-order valence-corrected chi connectivity index (χ4v) is 5.68. The van der Waals surface area contributed by atoms with Crippen molar-refractivity contribution in [3.63, 3.8) is 0 Å². The van der Waals surface area contributed by atoms with Gasteiger partial charge >= 0.3 is 0 Å². The summed E-state index contributed by atoms with van der Waals surface area (Å²) in [5.41, 5.74) is 3.80. The van der Waals surface area contributed by atoms with Crippen LogP contribution in [0.15, 0.2) is 79.0 Å². The third kappa shape index (κ3) is 5.76. The molecule has 0 spiro atoms. The molecule has 5 nitrogen and oxygen atoms in total. The molecule has 1 saturated carbocycles. The van der Waals surface area contributed by atoms with Gasteiger partial charge in [-0.05, 0) is 54.9 Å². The van der Waals surface area contributed by atoms with Crippen molar-refractivity contribution in [3.05, 3.63) is 84.6 Å². The topological polar surface area (TPSA) is 43.4 Å². The van der Waals surface area contributed by atoms with Crippen LogP contribution in [0.5, 0.6) is 0 Å². The van der Waals surface area contributed by atoms with Crippen LogP contribution in [0.25, 0.3) is 0 Å². The summed E-state index contributed by atoms with van der Waals surface area (Å²) in [4.78, 5) is 9.51. The zero-order valence-electron chi connectivity index (χ0n) is 20.3. The van der Waals surface area contributed by atoms with Crippen molar-refractivity contribution in [1.29, 1.82) is 0 Å². The molecular weight excluding hydrogens is 450 g/mol. The van der Waals surface area contributed by atoms with E-state index in [4.69, 9.17) is 17.2 Å². The van der Waals surface area contributed by atoms with Gasteiger partial charge < -0.3 is 20.4 Å². The largest absolute Gasteiger partial charge is 0.368 e. The van der Waals surface area contributed by atoms with Crippen molar-refractivity contribution in [2.45, 2.75) is 37.5 Å². The number of hydrogen-bond donors (Lipinski definition) is 2. The molecule has 0 unspecified atom stereocenters. The molecule has 1 aliphatic carbocycles. The number of para-hydroxylation sites is 1. The average Bonchev–Trinajstić information content (AvgIpc) is 2.94. The summed E-state index contributed by atoms with van der Waals surface area (Å²) in [6.07, 6.45) is 8.20. The molecule has 0 bridgehead atoms. The third-order valence-corrected chi connectivity index (χ3v) is 7.76. The van der Waals surface area contributed by atoms with Gasteiger partial charge in [0, 0.05) is 43.8 Å². The van der Waals surface area contributed by atoms with Crippen LogP contribution < -0.4 is 20.4 Å². The second-order valence-electron chi connectivity index (χ2n) is 9.73. The van der Waals surface area contributed by atoms with Gasteiger partial charge in [0.15, 0.2) is 5.11 Å². The van der Waals surface area contributed by atoms with E-state index in [1.165, 1.54) is 43.4 Å². The van der Waals surface area contributed by atoms with Gasteiger partial charge in [-0.15, -0.1) is 0 Å². The van der Waals surface area contributed by atoms with E-state index in [0.717, 1.165) is 44.2 Å². The van der Waals surface area contributed by atoms with Crippen LogP contribution in [-0.4, -0.2) is 42.8 Å². The number of pyridine rings is 1. The van der Waals surface area contributed by atoms with Gasteiger partial charge in [-0.1, -0.05) is 67.8 Å². The number of benzene rings is 2. The monoisotopic (exact) mass is 485 g/mol. The van der Waals surface area contributed by atoms with Crippen molar-refractivity contribution < 1.29 is 0 Å². The number of hydrogen-bond acceptors (Lipinski definition) is 4. The second kappa shape index (κ2) is 11.1. The Morgan fingerprint density at radius 3 is 2.11 bits per heavy atom. The summed E-state index contributed by atoms with van der Waals surface area (Å²) in [6, 6.07) is 25.7. The van der Waals surface area contributed by atoms with Crippen LogP contribution in [0.4, 0.5) is 17.2 Å². The molecule has 182 valence electrons. The molecule has 35 heavy (non-hydrogen) atoms. The van der Waals surface area contributed by atoms with Crippen molar-refractivity contribution in [2.24, 2.45) is 0 Å². The van der Waals surface area contributed by atoms with Gasteiger partial charge in [0.2, 0.25) is 0 Å². The van der Waals surface area contributed by atoms with Crippen LogP contribution in [0, 0.1) is 0 Å². The lowest BCUT2D eigenvalue weighted by Crippen LogP contribution is -2.46. The molecule has 2 heterocycles. The summed E-state index contributed by atoms with van der Waals surface area (Å²) in [5.74, 6) is 1.02. The molecular formula is C29H35N5S. The Morgan fingerprint density at radius 2 is 1.46 bits per heavy atom. The van der Waals surface area contributed by atoms with E-state index in [2.05, 4.69) is 93.2 Å². The zero-order chi connectivity index (χ0) is 23.9. The highest BCUT2D eigenvalue weighted by Gasteiger charge is 2.33. The maximum Gasteiger partial charge on any atom is 0.170 e. The van der Waals surface area contributed by atoms with E-state index in [0.29, 0.717) is 5.11 Å². The molecule has 0 radical (unpaired) electrons. The quantitative estimate of drug-likeness (QED) is 0.443.